The molecule has 94 valence electrons. The van der Waals surface area contributed by atoms with E-state index in [2.05, 4.69) is 15.3 Å². The highest BCUT2D eigenvalue weighted by molar-refractivity contribution is 5.67. The van der Waals surface area contributed by atoms with Crippen LogP contribution < -0.4 is 11.1 Å². The zero-order chi connectivity index (χ0) is 13.1. The minimum absolute atomic E-state index is 0.0875. The largest absolute Gasteiger partial charge is 0.382 e. The molecule has 0 saturated heterocycles. The van der Waals surface area contributed by atoms with Crippen molar-refractivity contribution in [1.29, 1.82) is 0 Å². The van der Waals surface area contributed by atoms with Gasteiger partial charge in [-0.05, 0) is 13.8 Å². The van der Waals surface area contributed by atoms with Gasteiger partial charge in [0.1, 0.15) is 6.33 Å². The number of hydrogen-bond donors (Lipinski definition) is 2. The highest BCUT2D eigenvalue weighted by atomic mass is 16.6. The number of nitrogens with one attached hydrogen (secondary N) is 1. The van der Waals surface area contributed by atoms with E-state index in [1.54, 1.807) is 7.11 Å². The van der Waals surface area contributed by atoms with Crippen molar-refractivity contribution in [3.63, 3.8) is 0 Å². The van der Waals surface area contributed by atoms with E-state index in [4.69, 9.17) is 10.5 Å². The molecular formula is C9H15N5O3. The van der Waals surface area contributed by atoms with Crippen molar-refractivity contribution < 1.29 is 9.66 Å². The topological polar surface area (TPSA) is 116 Å². The van der Waals surface area contributed by atoms with E-state index >= 15 is 0 Å². The van der Waals surface area contributed by atoms with Gasteiger partial charge >= 0.3 is 5.69 Å². The first kappa shape index (κ1) is 13.1. The molecule has 0 fully saturated rings. The van der Waals surface area contributed by atoms with E-state index in [1.165, 1.54) is 6.33 Å². The van der Waals surface area contributed by atoms with Gasteiger partial charge in [-0.3, -0.25) is 10.1 Å². The van der Waals surface area contributed by atoms with Crippen LogP contribution in [0.1, 0.15) is 13.8 Å². The van der Waals surface area contributed by atoms with Gasteiger partial charge in [-0.1, -0.05) is 0 Å². The van der Waals surface area contributed by atoms with Crippen molar-refractivity contribution in [1.82, 2.24) is 9.97 Å². The number of ether oxygens (including phenoxy) is 1. The van der Waals surface area contributed by atoms with Gasteiger partial charge in [-0.15, -0.1) is 0 Å². The predicted molar refractivity (Wildman–Crippen MR) is 62.7 cm³/mol. The number of nitro groups is 1. The van der Waals surface area contributed by atoms with Crippen molar-refractivity contribution in [2.45, 2.75) is 19.4 Å². The second kappa shape index (κ2) is 4.91. The lowest BCUT2D eigenvalue weighted by molar-refractivity contribution is -0.383. The molecule has 0 aliphatic heterocycles. The third-order valence-corrected chi connectivity index (χ3v) is 2.00. The van der Waals surface area contributed by atoms with Crippen molar-refractivity contribution in [3.8, 4) is 0 Å². The molecule has 1 aromatic rings. The van der Waals surface area contributed by atoms with Crippen LogP contribution in [0.3, 0.4) is 0 Å². The standard InChI is InChI=1S/C9H15N5O3/c1-9(2,4-17-3)13-8-6(14(15)16)7(10)11-5-12-8/h5H,4H2,1-3H3,(H3,10,11,12,13). The fourth-order valence-electron chi connectivity index (χ4n) is 1.38. The Morgan fingerprint density at radius 1 is 1.59 bits per heavy atom. The summed E-state index contributed by atoms with van der Waals surface area (Å²) in [6.45, 7) is 4.03. The molecule has 1 heterocycles. The normalized spacial score (nSPS) is 11.2. The Morgan fingerprint density at radius 3 is 2.76 bits per heavy atom. The molecule has 1 aromatic heterocycles. The number of nitrogen functional groups attached to an aromatic ring is 1. The van der Waals surface area contributed by atoms with E-state index in [0.29, 0.717) is 6.61 Å². The maximum absolute atomic E-state index is 10.9. The summed E-state index contributed by atoms with van der Waals surface area (Å²) in [5, 5.41) is 13.8. The Labute approximate surface area is 98.4 Å². The van der Waals surface area contributed by atoms with E-state index in [-0.39, 0.29) is 17.3 Å². The maximum atomic E-state index is 10.9. The summed E-state index contributed by atoms with van der Waals surface area (Å²) < 4.78 is 5.00. The van der Waals surface area contributed by atoms with Gasteiger partial charge in [0, 0.05) is 7.11 Å². The van der Waals surface area contributed by atoms with Crippen molar-refractivity contribution in [3.05, 3.63) is 16.4 Å². The molecule has 0 radical (unpaired) electrons. The van der Waals surface area contributed by atoms with Gasteiger partial charge in [-0.25, -0.2) is 9.97 Å². The summed E-state index contributed by atoms with van der Waals surface area (Å²) in [5.41, 5.74) is 4.63. The van der Waals surface area contributed by atoms with Crippen LogP contribution >= 0.6 is 0 Å². The van der Waals surface area contributed by atoms with E-state index < -0.39 is 10.5 Å². The smallest absolute Gasteiger partial charge is 0.353 e. The summed E-state index contributed by atoms with van der Waals surface area (Å²) in [7, 11) is 1.55. The number of rotatable bonds is 5. The summed E-state index contributed by atoms with van der Waals surface area (Å²) in [6.07, 6.45) is 1.17. The number of nitrogens with two attached hydrogens (primary N) is 1. The minimum atomic E-state index is -0.611. The van der Waals surface area contributed by atoms with E-state index in [0.717, 1.165) is 0 Å². The second-order valence-electron chi connectivity index (χ2n) is 4.16. The lowest BCUT2D eigenvalue weighted by Crippen LogP contribution is -2.36. The third-order valence-electron chi connectivity index (χ3n) is 2.00. The number of aromatic nitrogens is 2. The molecular weight excluding hydrogens is 226 g/mol. The highest BCUT2D eigenvalue weighted by Gasteiger charge is 2.26. The minimum Gasteiger partial charge on any atom is -0.382 e. The fourth-order valence-corrected chi connectivity index (χ4v) is 1.38. The molecule has 17 heavy (non-hydrogen) atoms. The molecule has 0 saturated carbocycles. The molecule has 0 unspecified atom stereocenters. The first-order valence-corrected chi connectivity index (χ1v) is 4.89. The van der Waals surface area contributed by atoms with Crippen molar-refractivity contribution in [2.75, 3.05) is 24.8 Å². The number of anilines is 2. The van der Waals surface area contributed by atoms with Gasteiger partial charge < -0.3 is 15.8 Å². The Morgan fingerprint density at radius 2 is 2.24 bits per heavy atom. The van der Waals surface area contributed by atoms with Crippen LogP contribution in [-0.4, -0.2) is 34.1 Å². The third kappa shape index (κ3) is 3.25. The molecule has 0 aliphatic rings. The lowest BCUT2D eigenvalue weighted by Gasteiger charge is -2.25. The van der Waals surface area contributed by atoms with Crippen LogP contribution in [0.5, 0.6) is 0 Å². The maximum Gasteiger partial charge on any atom is 0.353 e. The van der Waals surface area contributed by atoms with Crippen LogP contribution in [-0.2, 0) is 4.74 Å². The zero-order valence-corrected chi connectivity index (χ0v) is 9.93. The van der Waals surface area contributed by atoms with Gasteiger partial charge in [0.2, 0.25) is 11.6 Å². The average Bonchev–Trinajstić information content (AvgIpc) is 2.15. The summed E-state index contributed by atoms with van der Waals surface area (Å²) in [6, 6.07) is 0. The Balaban J connectivity index is 3.06. The molecule has 0 bridgehead atoms. The number of nitrogens with zero attached hydrogens (tertiary/aromatic N) is 3. The monoisotopic (exact) mass is 241 g/mol. The molecule has 0 amide bonds. The number of hydrogen-bond acceptors (Lipinski definition) is 7. The molecule has 1 rings (SSSR count). The summed E-state index contributed by atoms with van der Waals surface area (Å²) in [5.74, 6) is -0.0785. The molecule has 3 N–H and O–H groups in total. The van der Waals surface area contributed by atoms with Crippen molar-refractivity contribution in [2.24, 2.45) is 0 Å². The Hall–Kier alpha value is -1.96. The SMILES string of the molecule is COCC(C)(C)Nc1ncnc(N)c1[N+](=O)[O-]. The predicted octanol–water partition coefficient (Wildman–Crippen LogP) is 0.804. The van der Waals surface area contributed by atoms with Crippen LogP contribution in [0.2, 0.25) is 0 Å². The molecule has 0 atom stereocenters. The Bertz CT molecular complexity index is 421. The average molecular weight is 241 g/mol. The van der Waals surface area contributed by atoms with Crippen LogP contribution in [0, 0.1) is 10.1 Å². The van der Waals surface area contributed by atoms with Gasteiger partial charge in [-0.2, -0.15) is 0 Å². The second-order valence-corrected chi connectivity index (χ2v) is 4.16. The quantitative estimate of drug-likeness (QED) is 0.578. The van der Waals surface area contributed by atoms with Crippen LogP contribution in [0.15, 0.2) is 6.33 Å². The van der Waals surface area contributed by atoms with E-state index in [9.17, 15) is 10.1 Å². The molecule has 8 nitrogen and oxygen atoms in total. The Kier molecular flexibility index (Phi) is 3.79. The zero-order valence-electron chi connectivity index (χ0n) is 9.93. The molecule has 0 aliphatic carbocycles. The van der Waals surface area contributed by atoms with Crippen LogP contribution in [0.25, 0.3) is 0 Å². The first-order valence-electron chi connectivity index (χ1n) is 4.89. The number of methoxy groups -OCH3 is 1. The first-order chi connectivity index (χ1) is 7.87. The lowest BCUT2D eigenvalue weighted by atomic mass is 10.1. The van der Waals surface area contributed by atoms with Crippen molar-refractivity contribution >= 4 is 17.3 Å². The van der Waals surface area contributed by atoms with Gasteiger partial charge in [0.25, 0.3) is 0 Å². The van der Waals surface area contributed by atoms with Crippen LogP contribution in [0.4, 0.5) is 17.3 Å². The molecule has 8 heteroatoms. The highest BCUT2D eigenvalue weighted by Crippen LogP contribution is 2.28. The fraction of sp³-hybridized carbons (Fsp3) is 0.556. The van der Waals surface area contributed by atoms with Gasteiger partial charge in [0.05, 0.1) is 17.1 Å². The summed E-state index contributed by atoms with van der Waals surface area (Å²) >= 11 is 0. The van der Waals surface area contributed by atoms with E-state index in [1.807, 2.05) is 13.8 Å². The molecule has 0 aromatic carbocycles. The molecule has 0 spiro atoms. The van der Waals surface area contributed by atoms with Gasteiger partial charge in [0.15, 0.2) is 0 Å². The summed E-state index contributed by atoms with van der Waals surface area (Å²) in [4.78, 5) is 17.7.